The molecule has 2 amide bonds. The lowest BCUT2D eigenvalue weighted by Crippen LogP contribution is -2.48. The molecule has 1 unspecified atom stereocenters. The summed E-state index contributed by atoms with van der Waals surface area (Å²) in [4.78, 5) is 48.6. The fourth-order valence-electron chi connectivity index (χ4n) is 3.53. The number of amides is 2. The highest BCUT2D eigenvalue weighted by Gasteiger charge is 2.21. The summed E-state index contributed by atoms with van der Waals surface area (Å²) < 4.78 is 20.7. The number of carbonyl (C=O) groups is 4. The molecule has 2 N–H and O–H groups in total. The molecule has 1 atom stereocenters. The van der Waals surface area contributed by atoms with Crippen molar-refractivity contribution in [2.45, 2.75) is 45.1 Å². The van der Waals surface area contributed by atoms with Crippen LogP contribution in [0.4, 0.5) is 0 Å². The SMILES string of the molecule is COCCOCCNC(=O)C(Cc1ccc(OC(=O)CCC(C)=O)cc1)NC(=O)CCc1ccc(OC)cc1. The van der Waals surface area contributed by atoms with Crippen molar-refractivity contribution in [1.82, 2.24) is 10.6 Å². The average molecular weight is 543 g/mol. The minimum atomic E-state index is -0.809. The second kappa shape index (κ2) is 17.7. The number of aryl methyl sites for hydroxylation is 1. The Labute approximate surface area is 229 Å². The Morgan fingerprint density at radius 2 is 1.46 bits per heavy atom. The van der Waals surface area contributed by atoms with Gasteiger partial charge in [-0.25, -0.2) is 0 Å². The van der Waals surface area contributed by atoms with E-state index in [2.05, 4.69) is 10.6 Å². The van der Waals surface area contributed by atoms with E-state index < -0.39 is 12.0 Å². The van der Waals surface area contributed by atoms with Crippen molar-refractivity contribution >= 4 is 23.6 Å². The molecule has 0 aliphatic heterocycles. The van der Waals surface area contributed by atoms with Crippen LogP contribution in [0.5, 0.6) is 11.5 Å². The molecule has 2 aromatic rings. The van der Waals surface area contributed by atoms with E-state index in [4.69, 9.17) is 18.9 Å². The van der Waals surface area contributed by atoms with Gasteiger partial charge in [-0.2, -0.15) is 0 Å². The predicted molar refractivity (Wildman–Crippen MR) is 145 cm³/mol. The molecule has 0 saturated carbocycles. The van der Waals surface area contributed by atoms with Gasteiger partial charge in [0.25, 0.3) is 0 Å². The van der Waals surface area contributed by atoms with Crippen LogP contribution in [-0.4, -0.2) is 70.2 Å². The van der Waals surface area contributed by atoms with E-state index in [1.54, 1.807) is 38.5 Å². The van der Waals surface area contributed by atoms with Crippen molar-refractivity contribution in [3.8, 4) is 11.5 Å². The van der Waals surface area contributed by atoms with Crippen molar-refractivity contribution in [1.29, 1.82) is 0 Å². The zero-order valence-electron chi connectivity index (χ0n) is 22.8. The van der Waals surface area contributed by atoms with Gasteiger partial charge in [0.1, 0.15) is 23.3 Å². The van der Waals surface area contributed by atoms with Crippen LogP contribution >= 0.6 is 0 Å². The lowest BCUT2D eigenvalue weighted by Gasteiger charge is -2.19. The van der Waals surface area contributed by atoms with E-state index in [1.807, 2.05) is 24.3 Å². The lowest BCUT2D eigenvalue weighted by molar-refractivity contribution is -0.136. The third kappa shape index (κ3) is 13.0. The summed E-state index contributed by atoms with van der Waals surface area (Å²) in [5.74, 6) is -0.0829. The maximum atomic E-state index is 12.9. The first kappa shape index (κ1) is 31.5. The summed E-state index contributed by atoms with van der Waals surface area (Å²) >= 11 is 0. The van der Waals surface area contributed by atoms with E-state index >= 15 is 0 Å². The smallest absolute Gasteiger partial charge is 0.311 e. The van der Waals surface area contributed by atoms with Gasteiger partial charge in [0.05, 0.1) is 33.4 Å². The van der Waals surface area contributed by atoms with Crippen molar-refractivity contribution in [3.05, 3.63) is 59.7 Å². The Kier molecular flexibility index (Phi) is 14.3. The lowest BCUT2D eigenvalue weighted by atomic mass is 10.0. The largest absolute Gasteiger partial charge is 0.497 e. The number of benzene rings is 2. The molecule has 0 saturated heterocycles. The first-order chi connectivity index (χ1) is 18.8. The summed E-state index contributed by atoms with van der Waals surface area (Å²) in [6, 6.07) is 13.3. The van der Waals surface area contributed by atoms with Crippen LogP contribution in [0.3, 0.4) is 0 Å². The van der Waals surface area contributed by atoms with Gasteiger partial charge >= 0.3 is 5.97 Å². The highest BCUT2D eigenvalue weighted by atomic mass is 16.5. The number of Topliss-reactive ketones (excluding diaryl/α,β-unsaturated/α-hetero) is 1. The molecule has 0 aliphatic rings. The number of hydrogen-bond donors (Lipinski definition) is 2. The normalized spacial score (nSPS) is 11.4. The monoisotopic (exact) mass is 542 g/mol. The molecule has 0 aliphatic carbocycles. The first-order valence-corrected chi connectivity index (χ1v) is 12.9. The van der Waals surface area contributed by atoms with Gasteiger partial charge in [-0.15, -0.1) is 0 Å². The van der Waals surface area contributed by atoms with E-state index in [9.17, 15) is 19.2 Å². The molecule has 10 nitrogen and oxygen atoms in total. The van der Waals surface area contributed by atoms with E-state index in [-0.39, 0.29) is 49.8 Å². The Morgan fingerprint density at radius 3 is 2.10 bits per heavy atom. The fourth-order valence-corrected chi connectivity index (χ4v) is 3.53. The van der Waals surface area contributed by atoms with Crippen LogP contribution in [0.25, 0.3) is 0 Å². The van der Waals surface area contributed by atoms with Crippen LogP contribution in [0.15, 0.2) is 48.5 Å². The predicted octanol–water partition coefficient (Wildman–Crippen LogP) is 2.41. The number of esters is 1. The topological polar surface area (TPSA) is 129 Å². The van der Waals surface area contributed by atoms with E-state index in [1.165, 1.54) is 6.92 Å². The number of ether oxygens (including phenoxy) is 4. The van der Waals surface area contributed by atoms with E-state index in [0.717, 1.165) is 16.9 Å². The van der Waals surface area contributed by atoms with Crippen LogP contribution < -0.4 is 20.1 Å². The highest BCUT2D eigenvalue weighted by molar-refractivity contribution is 5.88. The summed E-state index contributed by atoms with van der Waals surface area (Å²) in [6.45, 7) is 2.90. The van der Waals surface area contributed by atoms with Crippen molar-refractivity contribution < 1.29 is 38.1 Å². The van der Waals surface area contributed by atoms with Gasteiger partial charge in [-0.3, -0.25) is 14.4 Å². The minimum Gasteiger partial charge on any atom is -0.497 e. The van der Waals surface area contributed by atoms with Gasteiger partial charge < -0.3 is 34.4 Å². The highest BCUT2D eigenvalue weighted by Crippen LogP contribution is 2.16. The summed E-state index contributed by atoms with van der Waals surface area (Å²) in [6.07, 6.45) is 1.11. The quantitative estimate of drug-likeness (QED) is 0.167. The standard InChI is InChI=1S/C29H38N2O8/c1-21(32)4-15-28(34)39-25-12-7-23(8-13-25)20-26(29(35)30-16-17-38-19-18-36-2)31-27(33)14-9-22-5-10-24(37-3)11-6-22/h5-8,10-13,26H,4,9,14-20H2,1-3H3,(H,30,35)(H,31,33). The molecule has 212 valence electrons. The number of methoxy groups -OCH3 is 2. The maximum absolute atomic E-state index is 12.9. The van der Waals surface area contributed by atoms with Crippen LogP contribution in [0.2, 0.25) is 0 Å². The van der Waals surface area contributed by atoms with Crippen molar-refractivity contribution in [3.63, 3.8) is 0 Å². The van der Waals surface area contributed by atoms with E-state index in [0.29, 0.717) is 32.0 Å². The van der Waals surface area contributed by atoms with Gasteiger partial charge in [-0.05, 0) is 48.7 Å². The van der Waals surface area contributed by atoms with Gasteiger partial charge in [0.15, 0.2) is 0 Å². The number of carbonyl (C=O) groups excluding carboxylic acids is 4. The van der Waals surface area contributed by atoms with Gasteiger partial charge in [0, 0.05) is 32.9 Å². The Morgan fingerprint density at radius 1 is 0.795 bits per heavy atom. The number of nitrogens with one attached hydrogen (secondary N) is 2. The third-order valence-electron chi connectivity index (χ3n) is 5.70. The first-order valence-electron chi connectivity index (χ1n) is 12.9. The van der Waals surface area contributed by atoms with Crippen LogP contribution in [0.1, 0.15) is 37.3 Å². The molecule has 0 bridgehead atoms. The summed E-state index contributed by atoms with van der Waals surface area (Å²) in [7, 11) is 3.18. The minimum absolute atomic E-state index is 0.0110. The zero-order chi connectivity index (χ0) is 28.5. The molecule has 0 radical (unpaired) electrons. The molecule has 2 aromatic carbocycles. The fraction of sp³-hybridized carbons (Fsp3) is 0.448. The molecule has 0 aromatic heterocycles. The second-order valence-electron chi connectivity index (χ2n) is 8.89. The second-order valence-corrected chi connectivity index (χ2v) is 8.89. The number of hydrogen-bond acceptors (Lipinski definition) is 8. The Hall–Kier alpha value is -3.76. The summed E-state index contributed by atoms with van der Waals surface area (Å²) in [5, 5.41) is 5.64. The molecule has 2 rings (SSSR count). The van der Waals surface area contributed by atoms with Crippen LogP contribution in [-0.2, 0) is 41.5 Å². The van der Waals surface area contributed by atoms with Gasteiger partial charge in [0.2, 0.25) is 11.8 Å². The summed E-state index contributed by atoms with van der Waals surface area (Å²) in [5.41, 5.74) is 1.75. The maximum Gasteiger partial charge on any atom is 0.311 e. The number of rotatable bonds is 18. The molecular formula is C29H38N2O8. The molecule has 0 fully saturated rings. The molecular weight excluding hydrogens is 504 g/mol. The van der Waals surface area contributed by atoms with Gasteiger partial charge in [-0.1, -0.05) is 24.3 Å². The Balaban J connectivity index is 1.96. The zero-order valence-corrected chi connectivity index (χ0v) is 22.8. The molecule has 39 heavy (non-hydrogen) atoms. The number of ketones is 1. The Bertz CT molecular complexity index is 1050. The van der Waals surface area contributed by atoms with Crippen molar-refractivity contribution in [2.24, 2.45) is 0 Å². The molecule has 0 spiro atoms. The third-order valence-corrected chi connectivity index (χ3v) is 5.70. The average Bonchev–Trinajstić information content (AvgIpc) is 2.93. The van der Waals surface area contributed by atoms with Crippen molar-refractivity contribution in [2.75, 3.05) is 40.6 Å². The molecule has 0 heterocycles. The molecule has 10 heteroatoms. The van der Waals surface area contributed by atoms with Crippen LogP contribution in [0, 0.1) is 0 Å².